The van der Waals surface area contributed by atoms with Gasteiger partial charge in [0, 0.05) is 29.4 Å². The van der Waals surface area contributed by atoms with E-state index in [4.69, 9.17) is 16.3 Å². The van der Waals surface area contributed by atoms with E-state index in [1.165, 1.54) is 7.11 Å². The number of aldehydes is 1. The molecule has 32 heavy (non-hydrogen) atoms. The molecule has 2 N–H and O–H groups in total. The quantitative estimate of drug-likeness (QED) is 0.356. The van der Waals surface area contributed by atoms with Gasteiger partial charge in [-0.25, -0.2) is 0 Å². The highest BCUT2D eigenvalue weighted by atomic mass is 35.5. The number of aromatic nitrogens is 1. The summed E-state index contributed by atoms with van der Waals surface area (Å²) in [5.41, 5.74) is 4.09. The molecule has 0 radical (unpaired) electrons. The van der Waals surface area contributed by atoms with Crippen molar-refractivity contribution in [3.63, 3.8) is 0 Å². The highest BCUT2D eigenvalue weighted by Crippen LogP contribution is 2.50. The van der Waals surface area contributed by atoms with Crippen LogP contribution in [0.2, 0.25) is 5.02 Å². The number of nitrogens with zero attached hydrogens (tertiary/aromatic N) is 2. The number of carbonyl (C=O) groups excluding carboxylic acids is 1. The number of fused-ring (bicyclic) bond motifs is 1. The van der Waals surface area contributed by atoms with Gasteiger partial charge >= 0.3 is 0 Å². The zero-order valence-electron chi connectivity index (χ0n) is 18.6. The second-order valence-electron chi connectivity index (χ2n) is 8.65. The summed E-state index contributed by atoms with van der Waals surface area (Å²) in [7, 11) is 5.61. The highest BCUT2D eigenvalue weighted by molar-refractivity contribution is 6.32. The van der Waals surface area contributed by atoms with Crippen LogP contribution >= 0.6 is 11.6 Å². The van der Waals surface area contributed by atoms with Crippen LogP contribution in [-0.2, 0) is 10.2 Å². The van der Waals surface area contributed by atoms with Crippen molar-refractivity contribution in [2.45, 2.75) is 24.7 Å². The van der Waals surface area contributed by atoms with Gasteiger partial charge in [0.05, 0.1) is 23.1 Å². The molecule has 1 aliphatic carbocycles. The Kier molecular flexibility index (Phi) is 6.26. The molecule has 168 valence electrons. The summed E-state index contributed by atoms with van der Waals surface area (Å²) in [6.07, 6.45) is 5.59. The molecular weight excluding hydrogens is 426 g/mol. The number of rotatable bonds is 9. The highest BCUT2D eigenvalue weighted by Gasteiger charge is 2.46. The Labute approximate surface area is 193 Å². The summed E-state index contributed by atoms with van der Waals surface area (Å²) in [5, 5.41) is 14.9. The first kappa shape index (κ1) is 22.4. The Morgan fingerprint density at radius 1 is 1.25 bits per heavy atom. The van der Waals surface area contributed by atoms with E-state index in [1.54, 1.807) is 12.1 Å². The summed E-state index contributed by atoms with van der Waals surface area (Å²) >= 11 is 6.22. The number of nitrogens with one attached hydrogen (secondary N) is 1. The molecule has 0 atom stereocenters. The summed E-state index contributed by atoms with van der Waals surface area (Å²) < 4.78 is 5.27. The molecule has 1 aromatic heterocycles. The number of phenolic OH excluding ortho intramolecular Hbond substituents is 1. The molecule has 3 aromatic rings. The zero-order valence-corrected chi connectivity index (χ0v) is 19.4. The lowest BCUT2D eigenvalue weighted by Crippen LogP contribution is -2.18. The van der Waals surface area contributed by atoms with Crippen LogP contribution in [0.3, 0.4) is 0 Å². The van der Waals surface area contributed by atoms with Crippen molar-refractivity contribution < 1.29 is 14.6 Å². The van der Waals surface area contributed by atoms with E-state index in [0.717, 1.165) is 71.9 Å². The molecule has 1 heterocycles. The maximum absolute atomic E-state index is 11.9. The molecule has 0 aliphatic heterocycles. The fourth-order valence-electron chi connectivity index (χ4n) is 4.03. The average Bonchev–Trinajstić information content (AvgIpc) is 3.59. The number of hydrogen-bond donors (Lipinski definition) is 2. The molecule has 0 spiro atoms. The predicted molar refractivity (Wildman–Crippen MR) is 129 cm³/mol. The van der Waals surface area contributed by atoms with E-state index < -0.39 is 5.41 Å². The van der Waals surface area contributed by atoms with Crippen LogP contribution in [0.5, 0.6) is 11.5 Å². The molecule has 2 aromatic carbocycles. The molecule has 6 nitrogen and oxygen atoms in total. The lowest BCUT2D eigenvalue weighted by atomic mass is 9.94. The second kappa shape index (κ2) is 8.96. The number of halogens is 1. The van der Waals surface area contributed by atoms with Gasteiger partial charge in [-0.05, 0) is 75.3 Å². The van der Waals surface area contributed by atoms with Crippen molar-refractivity contribution in [2.75, 3.05) is 39.6 Å². The van der Waals surface area contributed by atoms with E-state index in [9.17, 15) is 9.90 Å². The summed E-state index contributed by atoms with van der Waals surface area (Å²) in [4.78, 5) is 18.7. The molecule has 1 saturated carbocycles. The number of anilines is 1. The molecule has 0 bridgehead atoms. The summed E-state index contributed by atoms with van der Waals surface area (Å²) in [6.45, 7) is 1.77. The molecule has 7 heteroatoms. The van der Waals surface area contributed by atoms with Crippen LogP contribution in [0, 0.1) is 0 Å². The normalized spacial score (nSPS) is 14.5. The van der Waals surface area contributed by atoms with Gasteiger partial charge in [0.2, 0.25) is 0 Å². The fourth-order valence-corrected chi connectivity index (χ4v) is 4.24. The van der Waals surface area contributed by atoms with Crippen LogP contribution in [0.15, 0.2) is 36.5 Å². The van der Waals surface area contributed by atoms with Crippen LogP contribution in [0.1, 0.15) is 24.8 Å². The van der Waals surface area contributed by atoms with Crippen LogP contribution < -0.4 is 10.1 Å². The van der Waals surface area contributed by atoms with Gasteiger partial charge in [-0.15, -0.1) is 0 Å². The minimum atomic E-state index is -0.438. The number of phenols is 1. The van der Waals surface area contributed by atoms with Crippen LogP contribution in [0.4, 0.5) is 5.69 Å². The third kappa shape index (κ3) is 4.25. The first-order chi connectivity index (χ1) is 15.4. The van der Waals surface area contributed by atoms with Crippen LogP contribution in [-0.4, -0.2) is 55.6 Å². The Hall–Kier alpha value is -2.83. The minimum Gasteiger partial charge on any atom is -0.503 e. The van der Waals surface area contributed by atoms with E-state index in [0.29, 0.717) is 5.75 Å². The maximum Gasteiger partial charge on any atom is 0.176 e. The molecule has 0 unspecified atom stereocenters. The predicted octanol–water partition coefficient (Wildman–Crippen LogP) is 4.86. The van der Waals surface area contributed by atoms with Gasteiger partial charge in [-0.2, -0.15) is 0 Å². The maximum atomic E-state index is 11.9. The first-order valence-corrected chi connectivity index (χ1v) is 11.1. The Balaban J connectivity index is 1.81. The van der Waals surface area contributed by atoms with Crippen molar-refractivity contribution in [3.8, 4) is 22.6 Å². The number of pyridine rings is 1. The number of ether oxygens (including phenoxy) is 1. The minimum absolute atomic E-state index is 0.0763. The number of methoxy groups -OCH3 is 1. The molecule has 4 rings (SSSR count). The Morgan fingerprint density at radius 2 is 2.03 bits per heavy atom. The van der Waals surface area contributed by atoms with Gasteiger partial charge in [-0.1, -0.05) is 17.7 Å². The zero-order chi connectivity index (χ0) is 22.9. The number of aromatic hydroxyl groups is 1. The molecule has 0 saturated heterocycles. The molecule has 1 aliphatic rings. The van der Waals surface area contributed by atoms with Crippen molar-refractivity contribution in [1.82, 2.24) is 9.88 Å². The number of hydrogen-bond acceptors (Lipinski definition) is 6. The number of carbonyl (C=O) groups is 1. The SMILES string of the molecule is COc1cc(-c2ccc3ncc(C4(C=O)CC4)c(NCCCN(C)C)c3c2)cc(Cl)c1O. The van der Waals surface area contributed by atoms with E-state index in [-0.39, 0.29) is 10.8 Å². The number of benzene rings is 2. The standard InChI is InChI=1S/C25H28ClN3O3/c1-29(2)10-4-9-27-23-18-11-16(17-12-20(26)24(31)22(13-17)32-3)5-6-21(18)28-14-19(23)25(15-30)7-8-25/h5-6,11-15,31H,4,7-10H2,1-3H3,(H,27,28). The van der Waals surface area contributed by atoms with Crippen molar-refractivity contribution >= 4 is 34.5 Å². The van der Waals surface area contributed by atoms with Crippen molar-refractivity contribution in [2.24, 2.45) is 0 Å². The Bertz CT molecular complexity index is 1160. The lowest BCUT2D eigenvalue weighted by molar-refractivity contribution is -0.109. The second-order valence-corrected chi connectivity index (χ2v) is 9.05. The third-order valence-electron chi connectivity index (χ3n) is 6.08. The monoisotopic (exact) mass is 453 g/mol. The topological polar surface area (TPSA) is 74.7 Å². The van der Waals surface area contributed by atoms with E-state index in [1.807, 2.05) is 18.3 Å². The third-order valence-corrected chi connectivity index (χ3v) is 6.37. The van der Waals surface area contributed by atoms with Crippen molar-refractivity contribution in [1.29, 1.82) is 0 Å². The lowest BCUT2D eigenvalue weighted by Gasteiger charge is -2.19. The summed E-state index contributed by atoms with van der Waals surface area (Å²) in [5.74, 6) is 0.243. The van der Waals surface area contributed by atoms with E-state index >= 15 is 0 Å². The largest absolute Gasteiger partial charge is 0.503 e. The fraction of sp³-hybridized carbons (Fsp3) is 0.360. The first-order valence-electron chi connectivity index (χ1n) is 10.7. The van der Waals surface area contributed by atoms with Crippen molar-refractivity contribution in [3.05, 3.63) is 47.1 Å². The van der Waals surface area contributed by atoms with Gasteiger partial charge in [0.25, 0.3) is 0 Å². The summed E-state index contributed by atoms with van der Waals surface area (Å²) in [6, 6.07) is 9.48. The van der Waals surface area contributed by atoms with Gasteiger partial charge in [0.15, 0.2) is 11.5 Å². The molecule has 0 amide bonds. The van der Waals surface area contributed by atoms with Gasteiger partial charge < -0.3 is 24.9 Å². The molecular formula is C25H28ClN3O3. The van der Waals surface area contributed by atoms with Gasteiger partial charge in [0.1, 0.15) is 6.29 Å². The average molecular weight is 454 g/mol. The van der Waals surface area contributed by atoms with Crippen LogP contribution in [0.25, 0.3) is 22.0 Å². The Morgan fingerprint density at radius 3 is 2.69 bits per heavy atom. The van der Waals surface area contributed by atoms with E-state index in [2.05, 4.69) is 35.4 Å². The van der Waals surface area contributed by atoms with Gasteiger partial charge in [-0.3, -0.25) is 4.98 Å². The smallest absolute Gasteiger partial charge is 0.176 e. The molecule has 1 fully saturated rings.